The first-order chi connectivity index (χ1) is 8.25. The highest BCUT2D eigenvalue weighted by Gasteiger charge is 2.03. The van der Waals surface area contributed by atoms with Crippen molar-refractivity contribution in [2.24, 2.45) is 0 Å². The Bertz CT molecular complexity index is 454. The van der Waals surface area contributed by atoms with Crippen LogP contribution < -0.4 is 21.9 Å². The van der Waals surface area contributed by atoms with E-state index in [4.69, 9.17) is 0 Å². The standard InChI is InChI=1S/C15H19N2.ClH/c1-14-8-10-17(11-9-14)13-12-16(2)15-6-4-3-5-7-15;/h3-11H,12-13H2,1-2H3;1H/q+1;/p-1. The summed E-state index contributed by atoms with van der Waals surface area (Å²) in [5.74, 6) is 0. The van der Waals surface area contributed by atoms with Crippen LogP contribution in [0, 0.1) is 6.92 Å². The minimum Gasteiger partial charge on any atom is -1.00 e. The molecule has 1 aromatic heterocycles. The van der Waals surface area contributed by atoms with Crippen molar-refractivity contribution >= 4 is 5.69 Å². The van der Waals surface area contributed by atoms with Crippen molar-refractivity contribution in [3.05, 3.63) is 60.4 Å². The maximum atomic E-state index is 2.27. The average molecular weight is 263 g/mol. The molecule has 1 heterocycles. The molecular formula is C15H19ClN2. The maximum absolute atomic E-state index is 2.27. The Morgan fingerprint density at radius 3 is 2.22 bits per heavy atom. The monoisotopic (exact) mass is 262 g/mol. The van der Waals surface area contributed by atoms with Gasteiger partial charge in [-0.3, -0.25) is 0 Å². The number of nitrogens with zero attached hydrogens (tertiary/aromatic N) is 2. The molecular weight excluding hydrogens is 244 g/mol. The van der Waals surface area contributed by atoms with E-state index in [9.17, 15) is 0 Å². The molecule has 0 aliphatic rings. The summed E-state index contributed by atoms with van der Waals surface area (Å²) in [7, 11) is 2.13. The number of benzene rings is 1. The molecule has 96 valence electrons. The lowest BCUT2D eigenvalue weighted by molar-refractivity contribution is -0.694. The van der Waals surface area contributed by atoms with E-state index in [0.29, 0.717) is 0 Å². The molecule has 0 aliphatic carbocycles. The molecule has 0 saturated carbocycles. The van der Waals surface area contributed by atoms with Gasteiger partial charge >= 0.3 is 0 Å². The Kier molecular flexibility index (Phi) is 5.66. The summed E-state index contributed by atoms with van der Waals surface area (Å²) in [5.41, 5.74) is 2.57. The lowest BCUT2D eigenvalue weighted by Crippen LogP contribution is -3.00. The van der Waals surface area contributed by atoms with E-state index in [1.807, 2.05) is 6.07 Å². The molecule has 2 rings (SSSR count). The van der Waals surface area contributed by atoms with Crippen molar-refractivity contribution in [2.75, 3.05) is 18.5 Å². The number of anilines is 1. The van der Waals surface area contributed by atoms with Gasteiger partial charge in [-0.1, -0.05) is 18.2 Å². The molecule has 2 aromatic rings. The first kappa shape index (κ1) is 14.5. The minimum absolute atomic E-state index is 0. The van der Waals surface area contributed by atoms with Crippen LogP contribution in [-0.4, -0.2) is 13.6 Å². The van der Waals surface area contributed by atoms with Crippen LogP contribution >= 0.6 is 0 Å². The van der Waals surface area contributed by atoms with Crippen LogP contribution in [-0.2, 0) is 6.54 Å². The van der Waals surface area contributed by atoms with Crippen molar-refractivity contribution in [2.45, 2.75) is 13.5 Å². The second-order valence-corrected chi connectivity index (χ2v) is 4.37. The number of pyridine rings is 1. The minimum atomic E-state index is 0. The van der Waals surface area contributed by atoms with Crippen LogP contribution in [0.1, 0.15) is 5.56 Å². The summed E-state index contributed by atoms with van der Waals surface area (Å²) in [6, 6.07) is 14.8. The van der Waals surface area contributed by atoms with Crippen molar-refractivity contribution in [1.82, 2.24) is 0 Å². The molecule has 0 radical (unpaired) electrons. The van der Waals surface area contributed by atoms with Crippen LogP contribution in [0.15, 0.2) is 54.9 Å². The van der Waals surface area contributed by atoms with Crippen LogP contribution in [0.4, 0.5) is 5.69 Å². The van der Waals surface area contributed by atoms with Gasteiger partial charge in [-0.15, -0.1) is 0 Å². The highest BCUT2D eigenvalue weighted by Crippen LogP contribution is 2.09. The zero-order chi connectivity index (χ0) is 12.1. The van der Waals surface area contributed by atoms with Crippen molar-refractivity contribution in [3.8, 4) is 0 Å². The summed E-state index contributed by atoms with van der Waals surface area (Å²) < 4.78 is 2.21. The van der Waals surface area contributed by atoms with E-state index in [1.54, 1.807) is 0 Å². The first-order valence-electron chi connectivity index (χ1n) is 5.97. The van der Waals surface area contributed by atoms with Crippen molar-refractivity contribution in [3.63, 3.8) is 0 Å². The normalized spacial score (nSPS) is 9.67. The number of para-hydroxylation sites is 1. The summed E-state index contributed by atoms with van der Waals surface area (Å²) in [4.78, 5) is 2.27. The van der Waals surface area contributed by atoms with Crippen LogP contribution in [0.25, 0.3) is 0 Å². The topological polar surface area (TPSA) is 7.12 Å². The number of halogens is 1. The van der Waals surface area contributed by atoms with Gasteiger partial charge in [0.2, 0.25) is 0 Å². The lowest BCUT2D eigenvalue weighted by Gasteiger charge is -2.17. The molecule has 2 nitrogen and oxygen atoms in total. The fraction of sp³-hybridized carbons (Fsp3) is 0.267. The number of hydrogen-bond donors (Lipinski definition) is 0. The second-order valence-electron chi connectivity index (χ2n) is 4.37. The van der Waals surface area contributed by atoms with E-state index in [1.165, 1.54) is 11.3 Å². The summed E-state index contributed by atoms with van der Waals surface area (Å²) in [5, 5.41) is 0. The largest absolute Gasteiger partial charge is 1.00 e. The highest BCUT2D eigenvalue weighted by atomic mass is 35.5. The molecule has 0 spiro atoms. The molecule has 0 fully saturated rings. The molecule has 0 amide bonds. The van der Waals surface area contributed by atoms with Crippen molar-refractivity contribution in [1.29, 1.82) is 0 Å². The van der Waals surface area contributed by atoms with E-state index in [2.05, 4.69) is 72.2 Å². The first-order valence-corrected chi connectivity index (χ1v) is 5.97. The van der Waals surface area contributed by atoms with Gasteiger partial charge < -0.3 is 17.3 Å². The lowest BCUT2D eigenvalue weighted by atomic mass is 10.3. The molecule has 3 heteroatoms. The molecule has 0 N–H and O–H groups in total. The molecule has 0 atom stereocenters. The molecule has 18 heavy (non-hydrogen) atoms. The Hall–Kier alpha value is -1.54. The average Bonchev–Trinajstić information content (AvgIpc) is 2.39. The highest BCUT2D eigenvalue weighted by molar-refractivity contribution is 5.44. The number of likely N-dealkylation sites (N-methyl/N-ethyl adjacent to an activating group) is 1. The third-order valence-corrected chi connectivity index (χ3v) is 2.95. The number of aromatic nitrogens is 1. The zero-order valence-corrected chi connectivity index (χ0v) is 11.6. The van der Waals surface area contributed by atoms with Gasteiger partial charge in [0.25, 0.3) is 0 Å². The number of rotatable bonds is 4. The zero-order valence-electron chi connectivity index (χ0n) is 10.9. The number of hydrogen-bond acceptors (Lipinski definition) is 1. The number of aryl methyl sites for hydroxylation is 1. The molecule has 0 unspecified atom stereocenters. The Morgan fingerprint density at radius 2 is 1.61 bits per heavy atom. The van der Waals surface area contributed by atoms with Gasteiger partial charge in [0.1, 0.15) is 0 Å². The fourth-order valence-corrected chi connectivity index (χ4v) is 1.76. The SMILES string of the molecule is Cc1cc[n+](CCN(C)c2ccccc2)cc1.[Cl-]. The molecule has 1 aromatic carbocycles. The summed E-state index contributed by atoms with van der Waals surface area (Å²) in [6.07, 6.45) is 4.27. The summed E-state index contributed by atoms with van der Waals surface area (Å²) in [6.45, 7) is 4.13. The van der Waals surface area contributed by atoms with Gasteiger partial charge in [-0.05, 0) is 24.6 Å². The quantitative estimate of drug-likeness (QED) is 0.669. The van der Waals surface area contributed by atoms with E-state index in [0.717, 1.165) is 13.1 Å². The van der Waals surface area contributed by atoms with E-state index >= 15 is 0 Å². The Morgan fingerprint density at radius 1 is 1.00 bits per heavy atom. The fourth-order valence-electron chi connectivity index (χ4n) is 1.76. The predicted molar refractivity (Wildman–Crippen MR) is 71.1 cm³/mol. The second kappa shape index (κ2) is 7.02. The van der Waals surface area contributed by atoms with Crippen LogP contribution in [0.2, 0.25) is 0 Å². The smallest absolute Gasteiger partial charge is 0.169 e. The summed E-state index contributed by atoms with van der Waals surface area (Å²) >= 11 is 0. The van der Waals surface area contributed by atoms with Crippen LogP contribution in [0.3, 0.4) is 0 Å². The maximum Gasteiger partial charge on any atom is 0.169 e. The van der Waals surface area contributed by atoms with Crippen molar-refractivity contribution < 1.29 is 17.0 Å². The molecule has 0 saturated heterocycles. The van der Waals surface area contributed by atoms with Gasteiger partial charge in [-0.25, -0.2) is 4.57 Å². The van der Waals surface area contributed by atoms with Gasteiger partial charge in [0.15, 0.2) is 18.9 Å². The van der Waals surface area contributed by atoms with Gasteiger partial charge in [0.05, 0.1) is 6.54 Å². The molecule has 0 bridgehead atoms. The van der Waals surface area contributed by atoms with E-state index in [-0.39, 0.29) is 12.4 Å². The third kappa shape index (κ3) is 4.04. The Balaban J connectivity index is 0.00000162. The van der Waals surface area contributed by atoms with E-state index < -0.39 is 0 Å². The van der Waals surface area contributed by atoms with Gasteiger partial charge in [-0.2, -0.15) is 0 Å². The predicted octanol–water partition coefficient (Wildman–Crippen LogP) is -0.577. The van der Waals surface area contributed by atoms with Crippen LogP contribution in [0.5, 0.6) is 0 Å². The third-order valence-electron chi connectivity index (χ3n) is 2.95. The molecule has 0 aliphatic heterocycles. The Labute approximate surface area is 115 Å². The van der Waals surface area contributed by atoms with Gasteiger partial charge in [0, 0.05) is 24.9 Å².